The molecule has 2 heterocycles. The number of aromatic nitrogens is 4. The molecule has 3 aromatic carbocycles. The summed E-state index contributed by atoms with van der Waals surface area (Å²) in [6, 6.07) is 30.2. The predicted molar refractivity (Wildman–Crippen MR) is 127 cm³/mol. The van der Waals surface area contributed by atoms with Gasteiger partial charge in [-0.2, -0.15) is 0 Å². The van der Waals surface area contributed by atoms with Crippen molar-refractivity contribution in [3.05, 3.63) is 108 Å². The van der Waals surface area contributed by atoms with Crippen molar-refractivity contribution in [1.29, 1.82) is 0 Å². The first-order chi connectivity index (χ1) is 15.3. The Kier molecular flexibility index (Phi) is 5.33. The van der Waals surface area contributed by atoms with E-state index in [1.807, 2.05) is 78.9 Å². The fourth-order valence-electron chi connectivity index (χ4n) is 3.33. The van der Waals surface area contributed by atoms with E-state index in [9.17, 15) is 0 Å². The van der Waals surface area contributed by atoms with Gasteiger partial charge in [0.1, 0.15) is 0 Å². The number of pyridine rings is 1. The van der Waals surface area contributed by atoms with Gasteiger partial charge < -0.3 is 0 Å². The molecule has 148 valence electrons. The lowest BCUT2D eigenvalue weighted by Crippen LogP contribution is -2.00. The van der Waals surface area contributed by atoms with Crippen LogP contribution in [0.1, 0.15) is 0 Å². The summed E-state index contributed by atoms with van der Waals surface area (Å²) in [4.78, 5) is 18.4. The smallest absolute Gasteiger partial charge is 0.164 e. The van der Waals surface area contributed by atoms with Crippen LogP contribution in [0.3, 0.4) is 0 Å². The van der Waals surface area contributed by atoms with Crippen LogP contribution >= 0.6 is 15.9 Å². The van der Waals surface area contributed by atoms with Crippen molar-refractivity contribution in [2.45, 2.75) is 0 Å². The third kappa shape index (κ3) is 4.27. The third-order valence-electron chi connectivity index (χ3n) is 4.91. The van der Waals surface area contributed by atoms with Gasteiger partial charge in [-0.15, -0.1) is 0 Å². The van der Waals surface area contributed by atoms with Crippen LogP contribution in [0.15, 0.2) is 108 Å². The molecule has 0 radical (unpaired) electrons. The van der Waals surface area contributed by atoms with Gasteiger partial charge >= 0.3 is 0 Å². The summed E-state index contributed by atoms with van der Waals surface area (Å²) < 4.78 is 0.981. The number of halogens is 1. The molecule has 0 bridgehead atoms. The van der Waals surface area contributed by atoms with E-state index in [0.29, 0.717) is 17.5 Å². The highest BCUT2D eigenvalue weighted by atomic mass is 79.9. The minimum atomic E-state index is 0.642. The zero-order chi connectivity index (χ0) is 21.0. The van der Waals surface area contributed by atoms with Crippen molar-refractivity contribution in [2.75, 3.05) is 0 Å². The molecule has 31 heavy (non-hydrogen) atoms. The number of nitrogens with zero attached hydrogens (tertiary/aromatic N) is 4. The minimum Gasteiger partial charge on any atom is -0.265 e. The summed E-state index contributed by atoms with van der Waals surface area (Å²) in [7, 11) is 0. The van der Waals surface area contributed by atoms with Gasteiger partial charge in [0.2, 0.25) is 0 Å². The van der Waals surface area contributed by atoms with E-state index >= 15 is 0 Å². The molecule has 0 aliphatic carbocycles. The lowest BCUT2D eigenvalue weighted by atomic mass is 10.0. The molecule has 5 heteroatoms. The van der Waals surface area contributed by atoms with E-state index in [0.717, 1.165) is 32.3 Å². The van der Waals surface area contributed by atoms with Gasteiger partial charge in [-0.25, -0.2) is 15.0 Å². The van der Waals surface area contributed by atoms with Crippen LogP contribution in [0, 0.1) is 0 Å². The van der Waals surface area contributed by atoms with Crippen LogP contribution in [0.5, 0.6) is 0 Å². The maximum Gasteiger partial charge on any atom is 0.164 e. The fourth-order valence-corrected chi connectivity index (χ4v) is 3.73. The summed E-state index contributed by atoms with van der Waals surface area (Å²) in [5.41, 5.74) is 5.07. The molecular formula is C26H17BrN4. The van der Waals surface area contributed by atoms with Crippen LogP contribution in [0.25, 0.3) is 45.3 Å². The Hall–Kier alpha value is -3.70. The molecular weight excluding hydrogens is 448 g/mol. The van der Waals surface area contributed by atoms with E-state index in [1.54, 1.807) is 12.4 Å². The zero-order valence-electron chi connectivity index (χ0n) is 16.5. The van der Waals surface area contributed by atoms with E-state index in [4.69, 9.17) is 15.0 Å². The van der Waals surface area contributed by atoms with Crippen molar-refractivity contribution >= 4 is 15.9 Å². The first-order valence-electron chi connectivity index (χ1n) is 9.84. The number of hydrogen-bond acceptors (Lipinski definition) is 4. The Labute approximate surface area is 188 Å². The molecule has 0 atom stereocenters. The largest absolute Gasteiger partial charge is 0.265 e. The van der Waals surface area contributed by atoms with Crippen LogP contribution in [-0.2, 0) is 0 Å². The van der Waals surface area contributed by atoms with Crippen molar-refractivity contribution in [1.82, 2.24) is 19.9 Å². The third-order valence-corrected chi connectivity index (χ3v) is 5.40. The fraction of sp³-hybridized carbons (Fsp3) is 0. The van der Waals surface area contributed by atoms with E-state index < -0.39 is 0 Å². The van der Waals surface area contributed by atoms with Crippen LogP contribution in [0.2, 0.25) is 0 Å². The maximum absolute atomic E-state index is 4.79. The van der Waals surface area contributed by atoms with Gasteiger partial charge in [0.25, 0.3) is 0 Å². The van der Waals surface area contributed by atoms with Gasteiger partial charge in [-0.1, -0.05) is 82.7 Å². The van der Waals surface area contributed by atoms with Gasteiger partial charge in [-0.05, 0) is 35.4 Å². The zero-order valence-corrected chi connectivity index (χ0v) is 18.1. The quantitative estimate of drug-likeness (QED) is 0.297. The number of benzene rings is 3. The molecule has 0 N–H and O–H groups in total. The molecule has 0 unspecified atom stereocenters. The molecule has 0 saturated heterocycles. The molecule has 0 amide bonds. The molecule has 4 nitrogen and oxygen atoms in total. The highest BCUT2D eigenvalue weighted by Gasteiger charge is 2.12. The Bertz CT molecular complexity index is 1320. The molecule has 5 aromatic rings. The van der Waals surface area contributed by atoms with Crippen molar-refractivity contribution in [3.8, 4) is 45.3 Å². The first-order valence-corrected chi connectivity index (χ1v) is 10.6. The summed E-state index contributed by atoms with van der Waals surface area (Å²) in [6.45, 7) is 0. The lowest BCUT2D eigenvalue weighted by molar-refractivity contribution is 1.07. The van der Waals surface area contributed by atoms with E-state index in [-0.39, 0.29) is 0 Å². The average molecular weight is 465 g/mol. The second-order valence-electron chi connectivity index (χ2n) is 7.00. The van der Waals surface area contributed by atoms with Gasteiger partial charge in [0.15, 0.2) is 17.5 Å². The van der Waals surface area contributed by atoms with Crippen LogP contribution in [0.4, 0.5) is 0 Å². The SMILES string of the molecule is Brc1cccc(-c2nc(-c3ccccc3)nc(-c3ccc(-c4ccncc4)cc3)n2)c1. The average Bonchev–Trinajstić information content (AvgIpc) is 2.85. The Morgan fingerprint density at radius 3 is 1.61 bits per heavy atom. The number of hydrogen-bond donors (Lipinski definition) is 0. The first kappa shape index (κ1) is 19.3. The second-order valence-corrected chi connectivity index (χ2v) is 7.91. The molecule has 0 aliphatic rings. The summed E-state index contributed by atoms with van der Waals surface area (Å²) in [5, 5.41) is 0. The molecule has 5 rings (SSSR count). The highest BCUT2D eigenvalue weighted by Crippen LogP contribution is 2.27. The molecule has 0 saturated carbocycles. The molecule has 0 aliphatic heterocycles. The van der Waals surface area contributed by atoms with Crippen molar-refractivity contribution in [3.63, 3.8) is 0 Å². The number of rotatable bonds is 4. The monoisotopic (exact) mass is 464 g/mol. The van der Waals surface area contributed by atoms with Gasteiger partial charge in [0, 0.05) is 33.6 Å². The Morgan fingerprint density at radius 2 is 0.968 bits per heavy atom. The van der Waals surface area contributed by atoms with Crippen LogP contribution in [-0.4, -0.2) is 19.9 Å². The summed E-state index contributed by atoms with van der Waals surface area (Å²) in [5.74, 6) is 1.94. The molecule has 0 fully saturated rings. The Morgan fingerprint density at radius 1 is 0.452 bits per heavy atom. The van der Waals surface area contributed by atoms with Gasteiger partial charge in [-0.3, -0.25) is 4.98 Å². The minimum absolute atomic E-state index is 0.642. The summed E-state index contributed by atoms with van der Waals surface area (Å²) >= 11 is 3.54. The molecule has 0 spiro atoms. The van der Waals surface area contributed by atoms with Crippen LogP contribution < -0.4 is 0 Å². The summed E-state index contributed by atoms with van der Waals surface area (Å²) in [6.07, 6.45) is 3.59. The van der Waals surface area contributed by atoms with Crippen molar-refractivity contribution < 1.29 is 0 Å². The standard InChI is InChI=1S/C26H17BrN4/c27-23-8-4-7-22(17-23)26-30-24(20-5-2-1-3-6-20)29-25(31-26)21-11-9-18(10-12-21)19-13-15-28-16-14-19/h1-17H. The topological polar surface area (TPSA) is 51.6 Å². The van der Waals surface area contributed by atoms with E-state index in [1.165, 1.54) is 0 Å². The Balaban J connectivity index is 1.61. The van der Waals surface area contributed by atoms with Gasteiger partial charge in [0.05, 0.1) is 0 Å². The predicted octanol–water partition coefficient (Wildman–Crippen LogP) is 6.70. The lowest BCUT2D eigenvalue weighted by Gasteiger charge is -2.09. The highest BCUT2D eigenvalue weighted by molar-refractivity contribution is 9.10. The van der Waals surface area contributed by atoms with E-state index in [2.05, 4.69) is 33.0 Å². The normalized spacial score (nSPS) is 10.7. The second kappa shape index (κ2) is 8.58. The molecule has 2 aromatic heterocycles. The van der Waals surface area contributed by atoms with Crippen molar-refractivity contribution in [2.24, 2.45) is 0 Å². The maximum atomic E-state index is 4.79.